The smallest absolute Gasteiger partial charge is 0.419 e. The van der Waals surface area contributed by atoms with Gasteiger partial charge in [-0.2, -0.15) is 65.9 Å². The second-order valence-electron chi connectivity index (χ2n) is 53.3. The number of ether oxygens (including phenoxy) is 14. The molecule has 0 aromatic heterocycles. The molecule has 0 amide bonds. The van der Waals surface area contributed by atoms with Gasteiger partial charge in [-0.15, -0.1) is 0 Å². The van der Waals surface area contributed by atoms with Gasteiger partial charge in [-0.05, 0) is 360 Å². The molecule has 16 unspecified atom stereocenters. The van der Waals surface area contributed by atoms with Crippen LogP contribution in [-0.2, 0) is 95.1 Å². The first-order valence-electron chi connectivity index (χ1n) is 50.2. The Labute approximate surface area is 868 Å². The minimum absolute atomic E-state index is 0.00857. The molecule has 0 aromatic carbocycles. The molecule has 10 aliphatic rings. The van der Waals surface area contributed by atoms with Crippen LogP contribution in [0.5, 0.6) is 0 Å². The summed E-state index contributed by atoms with van der Waals surface area (Å²) in [5.74, 6) is -6.93. The molecule has 16 atom stereocenters. The third kappa shape index (κ3) is 24.9. The molecular formula is C107H171F15O27. The van der Waals surface area contributed by atoms with E-state index in [1.807, 2.05) is 27.7 Å². The van der Waals surface area contributed by atoms with E-state index < -0.39 is 273 Å². The van der Waals surface area contributed by atoms with Gasteiger partial charge in [0.05, 0.1) is 67.7 Å². The second-order valence-corrected chi connectivity index (χ2v) is 53.3. The first-order chi connectivity index (χ1) is 65.1. The fraction of sp³-hybridized carbons (Fsp3) is 0.888. The Bertz CT molecular complexity index is 4850. The topological polar surface area (TPSA) is 373 Å². The molecular weight excluding hydrogens is 2000 g/mol. The van der Waals surface area contributed by atoms with Crippen molar-refractivity contribution < 1.29 is 197 Å². The highest BCUT2D eigenvalue weighted by molar-refractivity contribution is 5.90. The lowest BCUT2D eigenvalue weighted by Crippen LogP contribution is -2.78. The van der Waals surface area contributed by atoms with Gasteiger partial charge in [-0.25, -0.2) is 28.8 Å². The van der Waals surface area contributed by atoms with Gasteiger partial charge in [0, 0.05) is 62.1 Å². The van der Waals surface area contributed by atoms with Gasteiger partial charge in [0.25, 0.3) is 0 Å². The summed E-state index contributed by atoms with van der Waals surface area (Å²) in [7, 11) is 0. The average Bonchev–Trinajstić information content (AvgIpc) is 1.37. The summed E-state index contributed by atoms with van der Waals surface area (Å²) in [5, 5.41) is 76.0. The molecule has 0 spiro atoms. The van der Waals surface area contributed by atoms with E-state index in [0.717, 1.165) is 62.3 Å². The molecule has 0 radical (unpaired) electrons. The molecule has 8 aliphatic carbocycles. The van der Waals surface area contributed by atoms with Crippen molar-refractivity contribution in [1.29, 1.82) is 0 Å². The molecule has 42 heteroatoms. The average molecular weight is 2170 g/mol. The number of fused-ring (bicyclic) bond motifs is 2. The molecule has 8 saturated carbocycles. The number of carbonyl (C=O) groups excluding carboxylic acids is 6. The molecule has 10 fully saturated rings. The van der Waals surface area contributed by atoms with Gasteiger partial charge in [-0.3, -0.25) is 0 Å². The standard InChI is InChI=1S/C43H70F6O10.C34H55F3O8.C30H46F6O9/c1-26(2)28(51)55-19-27(50)56-41-23-38(33(11,12)57-30(5,6)29(3,4)52)20-39(24-41,34(13,14)58-31(7,8)36(17,53)42(44,45)46)22-40(21-38,25-41)35(15,16)59-32(9,10)37(18,54)43(47,48)49;1-21(2)24(39)42-17-23(38)43-33-16-22-14-31(19-33,28(9,10)44-26(5,6)25(3,4)40)18-32(15-22,20-33)29(11,12)45-27(7,8)30(13,41)34(35,36)37;1-15(2)22(38)41-14-18(37)42-17-13-16-19(23(3,4)44-25(7,8)27(11,39)29(31,32)33)20(21(17)43-16)24(5,6)45-26(9,10)28(12,40)30(34,35)36/h52-54H,1,19-25H2,2-18H3;22,40-41H,1,14-20H2,2-13H3;16-17,19-21,39-40H,1,13-14H2,2-12H3. The van der Waals surface area contributed by atoms with Gasteiger partial charge in [-0.1, -0.05) is 19.7 Å². The van der Waals surface area contributed by atoms with Crippen LogP contribution in [0, 0.1) is 44.8 Å². The van der Waals surface area contributed by atoms with Gasteiger partial charge < -0.3 is 102 Å². The highest BCUT2D eigenvalue weighted by Crippen LogP contribution is 2.81. The third-order valence-corrected chi connectivity index (χ3v) is 36.4. The number of hydrogen-bond donors (Lipinski definition) is 7. The Morgan fingerprint density at radius 1 is 0.295 bits per heavy atom. The fourth-order valence-electron chi connectivity index (χ4n) is 25.0. The summed E-state index contributed by atoms with van der Waals surface area (Å²) in [4.78, 5) is 75.7. The van der Waals surface area contributed by atoms with Crippen LogP contribution in [0.15, 0.2) is 36.5 Å². The van der Waals surface area contributed by atoms with Crippen molar-refractivity contribution in [1.82, 2.24) is 0 Å². The van der Waals surface area contributed by atoms with Crippen LogP contribution in [0.1, 0.15) is 360 Å². The van der Waals surface area contributed by atoms with Crippen molar-refractivity contribution >= 4 is 35.8 Å². The summed E-state index contributed by atoms with van der Waals surface area (Å²) in [6, 6.07) is 0. The SMILES string of the molecule is C=C(C)C(=O)OCC(=O)OC12CC3(C(C)(C)OC(C)(C)C(C)(C)O)CC(C(C)(C)OC(C)(C)C(C)(O)C(F)(F)F)(C1)CC(C(C)(C)OC(C)(C)C(C)(O)C(F)(F)F)(C2)C3.C=C(C)C(=O)OCC(=O)OC12CC3CC(C(C)(C)OC(C)(C)C(C)(C)O)(C1)CC(C(C)(C)OC(C)(C)C(C)(O)C(F)(F)F)(C3)C2.C=C(C)C(=O)OCC(=O)OC1CC2OC1C(C(C)(C)OC(C)(C)C(C)(O)C(F)(F)F)C2C(C)(C)OC(C)(C)C(C)(O)C(F)(F)F. The number of hydrogen-bond acceptors (Lipinski definition) is 27. The van der Waals surface area contributed by atoms with Crippen LogP contribution in [-0.4, -0.2) is 269 Å². The largest absolute Gasteiger partial charge is 0.457 e. The maximum atomic E-state index is 14.5. The van der Waals surface area contributed by atoms with Crippen LogP contribution >= 0.6 is 0 Å². The molecule has 7 N–H and O–H groups in total. The van der Waals surface area contributed by atoms with Crippen LogP contribution in [0.2, 0.25) is 0 Å². The molecule has 2 aliphatic heterocycles. The van der Waals surface area contributed by atoms with Gasteiger partial charge >= 0.3 is 66.7 Å². The zero-order chi connectivity index (χ0) is 117. The summed E-state index contributed by atoms with van der Waals surface area (Å²) in [5.41, 5.74) is -50.0. The van der Waals surface area contributed by atoms with Crippen LogP contribution in [0.25, 0.3) is 0 Å². The Morgan fingerprint density at radius 2 is 0.517 bits per heavy atom. The summed E-state index contributed by atoms with van der Waals surface area (Å²) in [6.45, 7) is 63.4. The monoisotopic (exact) mass is 2170 g/mol. The van der Waals surface area contributed by atoms with Gasteiger partial charge in [0.2, 0.25) is 0 Å². The Balaban J connectivity index is 0.000000346. The zero-order valence-electron chi connectivity index (χ0n) is 94.9. The Morgan fingerprint density at radius 3 is 0.772 bits per heavy atom. The van der Waals surface area contributed by atoms with Crippen molar-refractivity contribution in [2.75, 3.05) is 19.8 Å². The fourth-order valence-corrected chi connectivity index (χ4v) is 25.0. The molecule has 149 heavy (non-hydrogen) atoms. The molecule has 0 aromatic rings. The lowest BCUT2D eigenvalue weighted by molar-refractivity contribution is -0.389. The molecule has 866 valence electrons. The predicted molar refractivity (Wildman–Crippen MR) is 517 cm³/mol. The number of esters is 6. The van der Waals surface area contributed by atoms with E-state index >= 15 is 0 Å². The second kappa shape index (κ2) is 39.8. The summed E-state index contributed by atoms with van der Waals surface area (Å²) in [6.07, 6.45) is -24.8. The van der Waals surface area contributed by atoms with Crippen LogP contribution in [0.3, 0.4) is 0 Å². The maximum Gasteiger partial charge on any atom is 0.419 e. The van der Waals surface area contributed by atoms with E-state index in [-0.39, 0.29) is 67.6 Å². The van der Waals surface area contributed by atoms with E-state index in [9.17, 15) is 130 Å². The maximum absolute atomic E-state index is 14.5. The normalized spacial score (nSPS) is 29.2. The van der Waals surface area contributed by atoms with E-state index in [1.54, 1.807) is 96.9 Å². The number of alkyl halides is 15. The van der Waals surface area contributed by atoms with Gasteiger partial charge in [0.15, 0.2) is 47.8 Å². The third-order valence-electron chi connectivity index (χ3n) is 36.4. The van der Waals surface area contributed by atoms with Crippen molar-refractivity contribution in [3.8, 4) is 0 Å². The first kappa shape index (κ1) is 132. The first-order valence-corrected chi connectivity index (χ1v) is 50.2. The Kier molecular flexibility index (Phi) is 35.3. The minimum Gasteiger partial charge on any atom is -0.457 e. The lowest BCUT2D eigenvalue weighted by Gasteiger charge is -2.77. The van der Waals surface area contributed by atoms with Crippen molar-refractivity contribution in [2.45, 2.75) is 538 Å². The van der Waals surface area contributed by atoms with Crippen molar-refractivity contribution in [2.24, 2.45) is 44.8 Å². The molecule has 27 nitrogen and oxygen atoms in total. The van der Waals surface area contributed by atoms with Crippen molar-refractivity contribution in [3.63, 3.8) is 0 Å². The van der Waals surface area contributed by atoms with E-state index in [0.29, 0.717) is 66.2 Å². The summed E-state index contributed by atoms with van der Waals surface area (Å²) < 4.78 is 297. The molecule has 2 saturated heterocycles. The van der Waals surface area contributed by atoms with Crippen molar-refractivity contribution in [3.05, 3.63) is 36.5 Å². The quantitative estimate of drug-likeness (QED) is 0.0130. The highest BCUT2D eigenvalue weighted by atomic mass is 19.4. The van der Waals surface area contributed by atoms with Crippen LogP contribution in [0.4, 0.5) is 65.9 Å². The van der Waals surface area contributed by atoms with Crippen LogP contribution < -0.4 is 0 Å². The van der Waals surface area contributed by atoms with E-state index in [1.165, 1.54) is 62.3 Å². The number of halogens is 15. The predicted octanol–water partition coefficient (Wildman–Crippen LogP) is 20.6. The van der Waals surface area contributed by atoms with Gasteiger partial charge in [0.1, 0.15) is 51.4 Å². The number of aliphatic hydroxyl groups is 7. The van der Waals surface area contributed by atoms with E-state index in [4.69, 9.17) is 66.3 Å². The number of rotatable bonds is 40. The lowest BCUT2D eigenvalue weighted by atomic mass is 9.31. The molecule has 10 bridgehead atoms. The summed E-state index contributed by atoms with van der Waals surface area (Å²) >= 11 is 0. The molecule has 10 rings (SSSR count). The number of carbonyl (C=O) groups is 6. The highest BCUT2D eigenvalue weighted by Gasteiger charge is 2.82. The minimum atomic E-state index is -5.14. The zero-order valence-corrected chi connectivity index (χ0v) is 94.9. The molecule has 2 heterocycles. The Hall–Kier alpha value is -5.61. The van der Waals surface area contributed by atoms with E-state index in [2.05, 4.69) is 19.7 Å².